The van der Waals surface area contributed by atoms with E-state index in [0.717, 1.165) is 0 Å². The third kappa shape index (κ3) is 5.02. The molecule has 1 aliphatic heterocycles. The number of cyclic esters (lactones) is 1. The van der Waals surface area contributed by atoms with E-state index >= 15 is 0 Å². The first-order valence-corrected chi connectivity index (χ1v) is 13.5. The van der Waals surface area contributed by atoms with Crippen molar-refractivity contribution in [2.24, 2.45) is 0 Å². The second kappa shape index (κ2) is 9.90. The van der Waals surface area contributed by atoms with Gasteiger partial charge in [0.25, 0.3) is 8.32 Å². The Labute approximate surface area is 198 Å². The summed E-state index contributed by atoms with van der Waals surface area (Å²) in [5.41, 5.74) is 1.17. The molecule has 170 valence electrons. The molecule has 0 aromatic heterocycles. The quantitative estimate of drug-likeness (QED) is 0.369. The maximum absolute atomic E-state index is 12.2. The Kier molecular flexibility index (Phi) is 6.96. The van der Waals surface area contributed by atoms with Crippen molar-refractivity contribution in [1.29, 1.82) is 0 Å². The summed E-state index contributed by atoms with van der Waals surface area (Å²) in [6, 6.07) is 31.5. The van der Waals surface area contributed by atoms with Crippen molar-refractivity contribution >= 4 is 24.7 Å². The molecule has 3 aromatic carbocycles. The summed E-state index contributed by atoms with van der Waals surface area (Å²) in [5, 5.41) is 2.29. The first-order valence-electron chi connectivity index (χ1n) is 11.6. The highest BCUT2D eigenvalue weighted by Gasteiger charge is 2.52. The van der Waals surface area contributed by atoms with Gasteiger partial charge in [0.2, 0.25) is 0 Å². The number of hydrogen-bond acceptors (Lipinski definition) is 3. The van der Waals surface area contributed by atoms with Crippen LogP contribution in [0.3, 0.4) is 0 Å². The fourth-order valence-corrected chi connectivity index (χ4v) is 9.48. The topological polar surface area (TPSA) is 35.5 Å². The number of benzene rings is 3. The molecule has 0 saturated heterocycles. The average molecular weight is 457 g/mol. The van der Waals surface area contributed by atoms with Crippen LogP contribution in [-0.2, 0) is 20.4 Å². The lowest BCUT2D eigenvalue weighted by Gasteiger charge is -2.46. The van der Waals surface area contributed by atoms with Gasteiger partial charge in [-0.25, -0.2) is 4.79 Å². The van der Waals surface area contributed by atoms with Crippen molar-refractivity contribution in [3.63, 3.8) is 0 Å². The normalized spacial score (nSPS) is 17.4. The van der Waals surface area contributed by atoms with Crippen molar-refractivity contribution in [3.05, 3.63) is 109 Å². The summed E-state index contributed by atoms with van der Waals surface area (Å²) in [7, 11) is -2.79. The highest BCUT2D eigenvalue weighted by atomic mass is 28.4. The summed E-state index contributed by atoms with van der Waals surface area (Å²) < 4.78 is 13.2. The fourth-order valence-electron chi connectivity index (χ4n) is 4.78. The summed E-state index contributed by atoms with van der Waals surface area (Å²) in [6.07, 6.45) is 4.15. The van der Waals surface area contributed by atoms with E-state index in [1.54, 1.807) is 0 Å². The Morgan fingerprint density at radius 2 is 1.39 bits per heavy atom. The van der Waals surface area contributed by atoms with Crippen LogP contribution in [0, 0.1) is 0 Å². The number of carbonyl (C=O) groups excluding carboxylic acids is 1. The first-order chi connectivity index (χ1) is 15.9. The van der Waals surface area contributed by atoms with E-state index in [9.17, 15) is 4.79 Å². The molecule has 0 unspecified atom stereocenters. The largest absolute Gasteiger partial charge is 0.456 e. The number of ether oxygens (including phenoxy) is 1. The van der Waals surface area contributed by atoms with E-state index in [-0.39, 0.29) is 23.2 Å². The lowest BCUT2D eigenvalue weighted by atomic mass is 10.0. The van der Waals surface area contributed by atoms with Crippen LogP contribution in [0.25, 0.3) is 0 Å². The minimum atomic E-state index is -2.79. The highest BCUT2D eigenvalue weighted by Crippen LogP contribution is 2.38. The van der Waals surface area contributed by atoms with Gasteiger partial charge < -0.3 is 9.16 Å². The summed E-state index contributed by atoms with van der Waals surface area (Å²) in [5.74, 6) is -0.296. The molecule has 0 fully saturated rings. The summed E-state index contributed by atoms with van der Waals surface area (Å²) in [4.78, 5) is 12.2. The van der Waals surface area contributed by atoms with Crippen LogP contribution in [0.5, 0.6) is 0 Å². The zero-order valence-corrected chi connectivity index (χ0v) is 20.6. The lowest BCUT2D eigenvalue weighted by molar-refractivity contribution is -0.149. The zero-order valence-electron chi connectivity index (χ0n) is 19.6. The zero-order chi connectivity index (χ0) is 23.3. The molecule has 4 heteroatoms. The maximum Gasteiger partial charge on any atom is 0.330 e. The van der Waals surface area contributed by atoms with Gasteiger partial charge in [0.05, 0.1) is 6.10 Å². The number of carbonyl (C=O) groups is 1. The van der Waals surface area contributed by atoms with Gasteiger partial charge in [0.15, 0.2) is 0 Å². The molecule has 2 atom stereocenters. The average Bonchev–Trinajstić information content (AvgIpc) is 2.83. The van der Waals surface area contributed by atoms with E-state index in [2.05, 4.69) is 81.4 Å². The third-order valence-electron chi connectivity index (χ3n) is 6.33. The molecule has 4 rings (SSSR count). The van der Waals surface area contributed by atoms with Crippen LogP contribution in [0.1, 0.15) is 32.8 Å². The van der Waals surface area contributed by atoms with Crippen molar-refractivity contribution in [3.8, 4) is 0 Å². The molecule has 0 amide bonds. The second-order valence-corrected chi connectivity index (χ2v) is 13.9. The van der Waals surface area contributed by atoms with Crippen LogP contribution in [0.4, 0.5) is 0 Å². The molecular weight excluding hydrogens is 424 g/mol. The molecule has 3 aromatic rings. The van der Waals surface area contributed by atoms with E-state index < -0.39 is 8.32 Å². The molecule has 3 nitrogen and oxygen atoms in total. The smallest absolute Gasteiger partial charge is 0.330 e. The number of esters is 1. The van der Waals surface area contributed by atoms with Crippen LogP contribution < -0.4 is 10.4 Å². The molecule has 0 aliphatic carbocycles. The molecule has 0 bridgehead atoms. The first kappa shape index (κ1) is 23.2. The predicted molar refractivity (Wildman–Crippen MR) is 136 cm³/mol. The second-order valence-electron chi connectivity index (χ2n) is 9.62. The van der Waals surface area contributed by atoms with E-state index in [1.165, 1.54) is 22.0 Å². The van der Waals surface area contributed by atoms with Crippen molar-refractivity contribution < 1.29 is 14.0 Å². The molecule has 0 radical (unpaired) electrons. The van der Waals surface area contributed by atoms with E-state index in [1.807, 2.05) is 36.4 Å². The monoisotopic (exact) mass is 456 g/mol. The van der Waals surface area contributed by atoms with Gasteiger partial charge in [-0.05, 0) is 21.0 Å². The molecule has 0 spiro atoms. The standard InChI is InChI=1S/C29H32O3Si/c1-29(2,3)33(24-16-9-5-10-17-24,25-18-11-6-12-19-25)32-27(22-23-14-7-4-8-15-23)26-20-13-21-28(30)31-26/h4-19,21,26-27H,20,22H2,1-3H3/t26-,27-/m1/s1. The number of rotatable bonds is 7. The molecule has 0 N–H and O–H groups in total. The van der Waals surface area contributed by atoms with Gasteiger partial charge in [-0.2, -0.15) is 0 Å². The SMILES string of the molecule is CC(C)(C)[Si](O[C@H](Cc1ccccc1)[C@H]1CC=CC(=O)O1)(c1ccccc1)c1ccccc1. The number of hydrogen-bond donors (Lipinski definition) is 0. The third-order valence-corrected chi connectivity index (χ3v) is 11.4. The Morgan fingerprint density at radius 1 is 0.879 bits per heavy atom. The molecular formula is C29H32O3Si. The minimum Gasteiger partial charge on any atom is -0.456 e. The van der Waals surface area contributed by atoms with Crippen molar-refractivity contribution in [2.75, 3.05) is 0 Å². The molecule has 0 saturated carbocycles. The summed E-state index contributed by atoms with van der Waals surface area (Å²) >= 11 is 0. The van der Waals surface area contributed by atoms with Gasteiger partial charge in [0, 0.05) is 18.9 Å². The van der Waals surface area contributed by atoms with Crippen molar-refractivity contribution in [1.82, 2.24) is 0 Å². The van der Waals surface area contributed by atoms with Crippen LogP contribution >= 0.6 is 0 Å². The molecule has 33 heavy (non-hydrogen) atoms. The van der Waals surface area contributed by atoms with E-state index in [4.69, 9.17) is 9.16 Å². The van der Waals surface area contributed by atoms with Crippen LogP contribution in [0.15, 0.2) is 103 Å². The Hall–Kier alpha value is -2.95. The van der Waals surface area contributed by atoms with Crippen molar-refractivity contribution in [2.45, 2.75) is 50.9 Å². The Bertz CT molecular complexity index is 1030. The summed E-state index contributed by atoms with van der Waals surface area (Å²) in [6.45, 7) is 6.81. The maximum atomic E-state index is 12.2. The highest BCUT2D eigenvalue weighted by molar-refractivity contribution is 6.99. The van der Waals surface area contributed by atoms with Gasteiger partial charge in [0.1, 0.15) is 6.10 Å². The van der Waals surface area contributed by atoms with Gasteiger partial charge in [-0.3, -0.25) is 0 Å². The van der Waals surface area contributed by atoms with Crippen LogP contribution in [-0.4, -0.2) is 26.5 Å². The Morgan fingerprint density at radius 3 is 1.88 bits per heavy atom. The van der Waals surface area contributed by atoms with Gasteiger partial charge in [-0.15, -0.1) is 0 Å². The molecule has 1 aliphatic rings. The van der Waals surface area contributed by atoms with Gasteiger partial charge >= 0.3 is 5.97 Å². The van der Waals surface area contributed by atoms with Crippen LogP contribution in [0.2, 0.25) is 5.04 Å². The Balaban J connectivity index is 1.85. The predicted octanol–water partition coefficient (Wildman–Crippen LogP) is 5.05. The lowest BCUT2D eigenvalue weighted by Crippen LogP contribution is -2.68. The molecule has 1 heterocycles. The van der Waals surface area contributed by atoms with E-state index in [0.29, 0.717) is 12.8 Å². The minimum absolute atomic E-state index is 0.154. The fraction of sp³-hybridized carbons (Fsp3) is 0.276. The van der Waals surface area contributed by atoms with Gasteiger partial charge in [-0.1, -0.05) is 118 Å².